The van der Waals surface area contributed by atoms with Gasteiger partial charge in [0.1, 0.15) is 0 Å². The summed E-state index contributed by atoms with van der Waals surface area (Å²) in [5.74, 6) is 0. The molecule has 58 heavy (non-hydrogen) atoms. The highest BCUT2D eigenvalue weighted by Crippen LogP contribution is 2.56. The molecule has 14 aromatic carbocycles. The summed E-state index contributed by atoms with van der Waals surface area (Å²) in [5, 5.41) is 26.8. The lowest BCUT2D eigenvalue weighted by atomic mass is 9.82. The Labute approximate surface area is 333 Å². The highest BCUT2D eigenvalue weighted by molar-refractivity contribution is 6.52. The molecule has 14 aromatic rings. The molecule has 0 heterocycles. The Morgan fingerprint density at radius 1 is 0.190 bits per heavy atom. The topological polar surface area (TPSA) is 0 Å². The average Bonchev–Trinajstić information content (AvgIpc) is 3.80. The molecule has 0 bridgehead atoms. The second kappa shape index (κ2) is 11.1. The zero-order valence-corrected chi connectivity index (χ0v) is 31.5. The first-order valence-corrected chi connectivity index (χ1v) is 20.4. The first-order valence-electron chi connectivity index (χ1n) is 20.4. The fraction of sp³-hybridized carbons (Fsp3) is 0. The Morgan fingerprint density at radius 2 is 0.621 bits per heavy atom. The van der Waals surface area contributed by atoms with Gasteiger partial charge in [-0.25, -0.2) is 0 Å². The Hall–Kier alpha value is -7.54. The summed E-state index contributed by atoms with van der Waals surface area (Å²) in [4.78, 5) is 0. The number of hydrogen-bond acceptors (Lipinski definition) is 0. The van der Waals surface area contributed by atoms with Crippen LogP contribution in [-0.4, -0.2) is 0 Å². The van der Waals surface area contributed by atoms with E-state index < -0.39 is 0 Å². The van der Waals surface area contributed by atoms with Crippen LogP contribution in [-0.2, 0) is 0 Å². The summed E-state index contributed by atoms with van der Waals surface area (Å²) in [5.41, 5.74) is 7.57. The van der Waals surface area contributed by atoms with Crippen LogP contribution < -0.4 is 0 Å². The van der Waals surface area contributed by atoms with Crippen LogP contribution >= 0.6 is 0 Å². The molecule has 264 valence electrons. The van der Waals surface area contributed by atoms with Crippen molar-refractivity contribution >= 4 is 108 Å². The predicted octanol–water partition coefficient (Wildman–Crippen LogP) is 16.5. The standard InChI is InChI=1S/C58H32/c1-4-14-33(15-5-1)38-28-30-45-52-46(31-29-39(51(38)52)34-16-6-2-7-17-34)58-56(45)49(36-18-8-3-9-19-36)42-26-13-27-44-53(42)57(58)43-25-12-22-37-32-47-40-23-10-20-35-21-11-24-41(48(35)40)54(47)55(44)50(37)43/h1-32H. The summed E-state index contributed by atoms with van der Waals surface area (Å²) >= 11 is 0. The second-order valence-corrected chi connectivity index (χ2v) is 16.2. The Balaban J connectivity index is 1.30. The smallest absolute Gasteiger partial charge is 0.000696 e. The van der Waals surface area contributed by atoms with E-state index in [4.69, 9.17) is 0 Å². The predicted molar refractivity (Wildman–Crippen MR) is 251 cm³/mol. The van der Waals surface area contributed by atoms with Gasteiger partial charge >= 0.3 is 0 Å². The summed E-state index contributed by atoms with van der Waals surface area (Å²) in [7, 11) is 0. The molecule has 0 aliphatic rings. The molecule has 0 amide bonds. The molecule has 0 heteroatoms. The van der Waals surface area contributed by atoms with Gasteiger partial charge < -0.3 is 0 Å². The molecule has 0 spiro atoms. The third kappa shape index (κ3) is 3.76. The van der Waals surface area contributed by atoms with Gasteiger partial charge in [-0.15, -0.1) is 0 Å². The molecule has 0 aromatic heterocycles. The molecule has 0 atom stereocenters. The van der Waals surface area contributed by atoms with E-state index in [0.717, 1.165) is 0 Å². The highest BCUT2D eigenvalue weighted by atomic mass is 14.3. The van der Waals surface area contributed by atoms with E-state index in [9.17, 15) is 0 Å². The Morgan fingerprint density at radius 3 is 1.28 bits per heavy atom. The van der Waals surface area contributed by atoms with Crippen molar-refractivity contribution in [3.63, 3.8) is 0 Å². The third-order valence-electron chi connectivity index (χ3n) is 13.4. The lowest BCUT2D eigenvalue weighted by Gasteiger charge is -2.20. The lowest BCUT2D eigenvalue weighted by Crippen LogP contribution is -1.91. The van der Waals surface area contributed by atoms with Crippen LogP contribution in [0.1, 0.15) is 0 Å². The van der Waals surface area contributed by atoms with Gasteiger partial charge in [-0.2, -0.15) is 0 Å². The van der Waals surface area contributed by atoms with Crippen molar-refractivity contribution in [2.75, 3.05) is 0 Å². The normalized spacial score (nSPS) is 12.5. The van der Waals surface area contributed by atoms with E-state index in [2.05, 4.69) is 194 Å². The molecule has 0 aliphatic heterocycles. The van der Waals surface area contributed by atoms with Gasteiger partial charge in [0, 0.05) is 0 Å². The van der Waals surface area contributed by atoms with Gasteiger partial charge in [0.25, 0.3) is 0 Å². The van der Waals surface area contributed by atoms with E-state index in [1.54, 1.807) is 0 Å². The van der Waals surface area contributed by atoms with Crippen molar-refractivity contribution in [2.24, 2.45) is 0 Å². The Bertz CT molecular complexity index is 3920. The SMILES string of the molecule is c1ccc(-c2ccc3c4c(-c5ccccc5)c5cccc6c5c(c5cccc7cc8c9cccc%10cccc(c%109)c8c6c75)c4c4ccc(-c5ccccc5)c2c34)cc1. The molecule has 0 nitrogen and oxygen atoms in total. The fourth-order valence-electron chi connectivity index (χ4n) is 11.3. The maximum atomic E-state index is 2.48. The first kappa shape index (κ1) is 30.7. The minimum Gasteiger partial charge on any atom is -0.0622 e. The molecule has 0 saturated heterocycles. The summed E-state index contributed by atoms with van der Waals surface area (Å²) in [6, 6.07) is 73.0. The number of hydrogen-bond donors (Lipinski definition) is 0. The summed E-state index contributed by atoms with van der Waals surface area (Å²) < 4.78 is 0. The number of rotatable bonds is 3. The molecular weight excluding hydrogens is 697 g/mol. The highest BCUT2D eigenvalue weighted by Gasteiger charge is 2.28. The quantitative estimate of drug-likeness (QED) is 0.126. The van der Waals surface area contributed by atoms with E-state index in [1.807, 2.05) is 0 Å². The first-order chi connectivity index (χ1) is 28.8. The van der Waals surface area contributed by atoms with Gasteiger partial charge in [0.05, 0.1) is 0 Å². The van der Waals surface area contributed by atoms with Crippen LogP contribution in [0.4, 0.5) is 0 Å². The monoisotopic (exact) mass is 728 g/mol. The zero-order valence-electron chi connectivity index (χ0n) is 31.5. The van der Waals surface area contributed by atoms with Crippen LogP contribution in [0, 0.1) is 0 Å². The third-order valence-corrected chi connectivity index (χ3v) is 13.4. The fourth-order valence-corrected chi connectivity index (χ4v) is 11.3. The van der Waals surface area contributed by atoms with Gasteiger partial charge in [-0.1, -0.05) is 188 Å². The molecule has 0 aliphatic carbocycles. The van der Waals surface area contributed by atoms with Crippen molar-refractivity contribution in [1.29, 1.82) is 0 Å². The number of fused-ring (bicyclic) bond motifs is 10. The largest absolute Gasteiger partial charge is 0.0622 e. The van der Waals surface area contributed by atoms with Crippen LogP contribution in [0.15, 0.2) is 194 Å². The van der Waals surface area contributed by atoms with Crippen LogP contribution in [0.5, 0.6) is 0 Å². The van der Waals surface area contributed by atoms with Crippen molar-refractivity contribution in [2.45, 2.75) is 0 Å². The van der Waals surface area contributed by atoms with Crippen molar-refractivity contribution < 1.29 is 0 Å². The molecule has 0 saturated carbocycles. The van der Waals surface area contributed by atoms with Gasteiger partial charge in [0.15, 0.2) is 0 Å². The van der Waals surface area contributed by atoms with E-state index in [-0.39, 0.29) is 0 Å². The minimum absolute atomic E-state index is 1.24. The van der Waals surface area contributed by atoms with Crippen molar-refractivity contribution in [3.05, 3.63) is 194 Å². The van der Waals surface area contributed by atoms with Crippen molar-refractivity contribution in [1.82, 2.24) is 0 Å². The zero-order chi connectivity index (χ0) is 37.6. The van der Waals surface area contributed by atoms with E-state index in [0.29, 0.717) is 0 Å². The Kier molecular flexibility index (Phi) is 5.85. The van der Waals surface area contributed by atoms with Crippen LogP contribution in [0.25, 0.3) is 141 Å². The maximum Gasteiger partial charge on any atom is -0.000696 e. The van der Waals surface area contributed by atoms with E-state index >= 15 is 0 Å². The minimum atomic E-state index is 1.24. The molecule has 14 rings (SSSR count). The molecule has 0 N–H and O–H groups in total. The molecule has 0 fully saturated rings. The van der Waals surface area contributed by atoms with Crippen LogP contribution in [0.2, 0.25) is 0 Å². The molecule has 0 unspecified atom stereocenters. The van der Waals surface area contributed by atoms with Gasteiger partial charge in [-0.05, 0) is 147 Å². The molecular formula is C58H32. The van der Waals surface area contributed by atoms with Crippen LogP contribution in [0.3, 0.4) is 0 Å². The maximum absolute atomic E-state index is 2.48. The van der Waals surface area contributed by atoms with Crippen molar-refractivity contribution in [3.8, 4) is 33.4 Å². The average molecular weight is 729 g/mol. The molecule has 0 radical (unpaired) electrons. The van der Waals surface area contributed by atoms with Gasteiger partial charge in [-0.3, -0.25) is 0 Å². The number of benzene rings is 12. The second-order valence-electron chi connectivity index (χ2n) is 16.2. The van der Waals surface area contributed by atoms with Gasteiger partial charge in [0.2, 0.25) is 0 Å². The summed E-state index contributed by atoms with van der Waals surface area (Å²) in [6.45, 7) is 0. The summed E-state index contributed by atoms with van der Waals surface area (Å²) in [6.07, 6.45) is 0. The van der Waals surface area contributed by atoms with E-state index in [1.165, 1.54) is 141 Å². The lowest BCUT2D eigenvalue weighted by molar-refractivity contribution is 1.64.